The number of carbonyl (C=O) groups excluding carboxylic acids is 1. The number of ether oxygens (including phenoxy) is 2. The van der Waals surface area contributed by atoms with Crippen LogP contribution < -0.4 is 13.8 Å². The van der Waals surface area contributed by atoms with E-state index in [-0.39, 0.29) is 17.4 Å². The molecule has 0 saturated carbocycles. The van der Waals surface area contributed by atoms with Crippen molar-refractivity contribution >= 4 is 21.7 Å². The lowest BCUT2D eigenvalue weighted by Crippen LogP contribution is -2.26. The average molecular weight is 468 g/mol. The molecule has 0 aliphatic rings. The summed E-state index contributed by atoms with van der Waals surface area (Å²) in [5.41, 5.74) is 3.50. The molecule has 0 N–H and O–H groups in total. The number of rotatable bonds is 8. The molecule has 0 aliphatic carbocycles. The first-order valence-corrected chi connectivity index (χ1v) is 12.1. The zero-order valence-corrected chi connectivity index (χ0v) is 20.3. The summed E-state index contributed by atoms with van der Waals surface area (Å²) in [6.07, 6.45) is 0. The van der Waals surface area contributed by atoms with Gasteiger partial charge in [0, 0.05) is 7.05 Å². The Kier molecular flexibility index (Phi) is 7.43. The van der Waals surface area contributed by atoms with E-state index in [0.29, 0.717) is 17.2 Å². The molecule has 174 valence electrons. The molecule has 6 nitrogen and oxygen atoms in total. The maximum absolute atomic E-state index is 12.8. The van der Waals surface area contributed by atoms with Gasteiger partial charge in [0.2, 0.25) is 0 Å². The van der Waals surface area contributed by atoms with Crippen LogP contribution in [-0.2, 0) is 14.8 Å². The van der Waals surface area contributed by atoms with Gasteiger partial charge in [0.05, 0.1) is 10.6 Å². The third-order valence-corrected chi connectivity index (χ3v) is 7.05. The van der Waals surface area contributed by atoms with Crippen LogP contribution in [0.3, 0.4) is 0 Å². The predicted octanol–water partition coefficient (Wildman–Crippen LogP) is 5.24. The maximum Gasteiger partial charge on any atom is 0.349 e. The minimum atomic E-state index is -3.69. The minimum Gasteiger partial charge on any atom is -0.482 e. The first-order valence-electron chi connectivity index (χ1n) is 10.7. The lowest BCUT2D eigenvalue weighted by Gasteiger charge is -2.20. The number of esters is 1. The van der Waals surface area contributed by atoms with Crippen LogP contribution in [0.1, 0.15) is 36.5 Å². The fraction of sp³-hybridized carbons (Fsp3) is 0.269. The molecule has 0 bridgehead atoms. The second-order valence-electron chi connectivity index (χ2n) is 8.24. The van der Waals surface area contributed by atoms with Crippen molar-refractivity contribution in [2.45, 2.75) is 38.5 Å². The predicted molar refractivity (Wildman–Crippen MR) is 130 cm³/mol. The van der Waals surface area contributed by atoms with Crippen LogP contribution in [0, 0.1) is 13.8 Å². The van der Waals surface area contributed by atoms with Crippen molar-refractivity contribution in [3.05, 3.63) is 83.4 Å². The number of aryl methyl sites for hydroxylation is 2. The third kappa shape index (κ3) is 5.93. The van der Waals surface area contributed by atoms with E-state index in [4.69, 9.17) is 9.47 Å². The van der Waals surface area contributed by atoms with Crippen LogP contribution in [0.2, 0.25) is 0 Å². The van der Waals surface area contributed by atoms with E-state index in [1.54, 1.807) is 48.5 Å². The van der Waals surface area contributed by atoms with E-state index in [9.17, 15) is 13.2 Å². The van der Waals surface area contributed by atoms with E-state index in [1.807, 2.05) is 32.0 Å². The number of nitrogens with zero attached hydrogens (tertiary/aromatic N) is 1. The molecule has 0 atom stereocenters. The van der Waals surface area contributed by atoms with Gasteiger partial charge in [-0.15, -0.1) is 0 Å². The molecule has 7 heteroatoms. The Bertz CT molecular complexity index is 1220. The monoisotopic (exact) mass is 467 g/mol. The van der Waals surface area contributed by atoms with Gasteiger partial charge in [0.25, 0.3) is 10.0 Å². The smallest absolute Gasteiger partial charge is 0.349 e. The molecule has 0 spiro atoms. The summed E-state index contributed by atoms with van der Waals surface area (Å²) in [4.78, 5) is 12.5. The van der Waals surface area contributed by atoms with Crippen molar-refractivity contribution in [2.24, 2.45) is 0 Å². The molecule has 3 rings (SSSR count). The highest BCUT2D eigenvalue weighted by molar-refractivity contribution is 7.92. The number of sulfonamides is 1. The largest absolute Gasteiger partial charge is 0.482 e. The highest BCUT2D eigenvalue weighted by Gasteiger charge is 2.21. The molecule has 0 fully saturated rings. The standard InChI is InChI=1S/C26H29NO5S/c1-18(2)24-15-8-20(4)16-25(24)31-17-26(28)32-22-11-9-21(10-12-22)27(5)33(29,30)23-13-6-19(3)7-14-23/h6-16,18H,17H2,1-5H3. The lowest BCUT2D eigenvalue weighted by molar-refractivity contribution is -0.136. The first kappa shape index (κ1) is 24.3. The van der Waals surface area contributed by atoms with Crippen molar-refractivity contribution in [3.8, 4) is 11.5 Å². The van der Waals surface area contributed by atoms with Crippen LogP contribution in [0.25, 0.3) is 0 Å². The topological polar surface area (TPSA) is 72.9 Å². The summed E-state index contributed by atoms with van der Waals surface area (Å²) >= 11 is 0. The highest BCUT2D eigenvalue weighted by Crippen LogP contribution is 2.28. The minimum absolute atomic E-state index is 0.208. The van der Waals surface area contributed by atoms with Crippen LogP contribution in [0.5, 0.6) is 11.5 Å². The van der Waals surface area contributed by atoms with Gasteiger partial charge in [0.15, 0.2) is 6.61 Å². The van der Waals surface area contributed by atoms with Crippen molar-refractivity contribution < 1.29 is 22.7 Å². The highest BCUT2D eigenvalue weighted by atomic mass is 32.2. The third-order valence-electron chi connectivity index (χ3n) is 5.25. The van der Waals surface area contributed by atoms with Crippen LogP contribution in [0.4, 0.5) is 5.69 Å². The fourth-order valence-corrected chi connectivity index (χ4v) is 4.47. The maximum atomic E-state index is 12.8. The SMILES string of the molecule is Cc1ccc(S(=O)(=O)N(C)c2ccc(OC(=O)COc3cc(C)ccc3C(C)C)cc2)cc1. The second-order valence-corrected chi connectivity index (χ2v) is 10.2. The molecule has 0 saturated heterocycles. The van der Waals surface area contributed by atoms with Gasteiger partial charge >= 0.3 is 5.97 Å². The van der Waals surface area contributed by atoms with E-state index in [0.717, 1.165) is 16.7 Å². The molecule has 0 amide bonds. The zero-order chi connectivity index (χ0) is 24.2. The molecule has 0 radical (unpaired) electrons. The van der Waals surface area contributed by atoms with Gasteiger partial charge in [-0.3, -0.25) is 4.31 Å². The van der Waals surface area contributed by atoms with E-state index in [2.05, 4.69) is 13.8 Å². The van der Waals surface area contributed by atoms with E-state index >= 15 is 0 Å². The average Bonchev–Trinajstić information content (AvgIpc) is 2.78. The molecule has 0 unspecified atom stereocenters. The van der Waals surface area contributed by atoms with Gasteiger partial charge in [0.1, 0.15) is 11.5 Å². The normalized spacial score (nSPS) is 11.3. The molecular formula is C26H29NO5S. The summed E-state index contributed by atoms with van der Waals surface area (Å²) in [7, 11) is -2.21. The van der Waals surface area contributed by atoms with Gasteiger partial charge in [-0.1, -0.05) is 43.7 Å². The van der Waals surface area contributed by atoms with Crippen molar-refractivity contribution in [1.82, 2.24) is 0 Å². The molecule has 33 heavy (non-hydrogen) atoms. The van der Waals surface area contributed by atoms with Gasteiger partial charge in [-0.25, -0.2) is 13.2 Å². The molecular weight excluding hydrogens is 438 g/mol. The number of hydrogen-bond donors (Lipinski definition) is 0. The summed E-state index contributed by atoms with van der Waals surface area (Å²) in [5.74, 6) is 0.694. The Morgan fingerprint density at radius 1 is 0.909 bits per heavy atom. The van der Waals surface area contributed by atoms with Crippen LogP contribution in [-0.4, -0.2) is 28.0 Å². The number of benzene rings is 3. The van der Waals surface area contributed by atoms with Crippen molar-refractivity contribution in [1.29, 1.82) is 0 Å². The van der Waals surface area contributed by atoms with E-state index < -0.39 is 16.0 Å². The summed E-state index contributed by atoms with van der Waals surface area (Å²) in [6, 6.07) is 18.9. The Morgan fingerprint density at radius 2 is 1.52 bits per heavy atom. The molecule has 0 aromatic heterocycles. The fourth-order valence-electron chi connectivity index (χ4n) is 3.27. The number of hydrogen-bond acceptors (Lipinski definition) is 5. The molecule has 0 heterocycles. The van der Waals surface area contributed by atoms with Crippen LogP contribution in [0.15, 0.2) is 71.6 Å². The van der Waals surface area contributed by atoms with Crippen LogP contribution >= 0.6 is 0 Å². The molecule has 3 aromatic carbocycles. The number of carbonyl (C=O) groups is 1. The van der Waals surface area contributed by atoms with Crippen molar-refractivity contribution in [3.63, 3.8) is 0 Å². The molecule has 3 aromatic rings. The van der Waals surface area contributed by atoms with Gasteiger partial charge in [-0.05, 0) is 73.4 Å². The van der Waals surface area contributed by atoms with Gasteiger partial charge < -0.3 is 9.47 Å². The zero-order valence-electron chi connectivity index (χ0n) is 19.5. The Morgan fingerprint density at radius 3 is 2.12 bits per heavy atom. The van der Waals surface area contributed by atoms with E-state index in [1.165, 1.54) is 11.4 Å². The Balaban J connectivity index is 1.64. The second kappa shape index (κ2) is 10.1. The van der Waals surface area contributed by atoms with Gasteiger partial charge in [-0.2, -0.15) is 0 Å². The quantitative estimate of drug-likeness (QED) is 0.335. The lowest BCUT2D eigenvalue weighted by atomic mass is 10.0. The summed E-state index contributed by atoms with van der Waals surface area (Å²) < 4.78 is 38.0. The molecule has 0 aliphatic heterocycles. The summed E-state index contributed by atoms with van der Waals surface area (Å²) in [5, 5.41) is 0. The Hall–Kier alpha value is -3.32. The van der Waals surface area contributed by atoms with Crippen molar-refractivity contribution in [2.75, 3.05) is 18.0 Å². The Labute approximate surface area is 195 Å². The first-order chi connectivity index (χ1) is 15.6. The summed E-state index contributed by atoms with van der Waals surface area (Å²) in [6.45, 7) is 7.76. The number of anilines is 1.